The standard InChI is InChI=1S/C24H28N6O2/c1-27-19-8-3-2-7-18(19)22-20(27)17-21(31)30(23(22)32)12-5-4-11-28-13-15-29(16-14-28)24-25-9-6-10-26-24/h2-3,6-10H,4-5,11-17H2,1H3. The Hall–Kier alpha value is -3.26. The summed E-state index contributed by atoms with van der Waals surface area (Å²) < 4.78 is 1.98. The van der Waals surface area contributed by atoms with Gasteiger partial charge in [0.2, 0.25) is 11.9 Å². The van der Waals surface area contributed by atoms with Gasteiger partial charge in [-0.3, -0.25) is 19.4 Å². The van der Waals surface area contributed by atoms with Crippen LogP contribution in [0.4, 0.5) is 5.95 Å². The van der Waals surface area contributed by atoms with E-state index in [1.807, 2.05) is 41.9 Å². The van der Waals surface area contributed by atoms with Crippen LogP contribution in [0.3, 0.4) is 0 Å². The van der Waals surface area contributed by atoms with Gasteiger partial charge in [0.05, 0.1) is 12.0 Å². The highest BCUT2D eigenvalue weighted by molar-refractivity contribution is 6.16. The molecule has 0 saturated carbocycles. The van der Waals surface area contributed by atoms with Crippen LogP contribution < -0.4 is 4.90 Å². The van der Waals surface area contributed by atoms with E-state index >= 15 is 0 Å². The number of hydrogen-bond acceptors (Lipinski definition) is 6. The van der Waals surface area contributed by atoms with E-state index < -0.39 is 0 Å². The molecule has 2 aliphatic heterocycles. The fourth-order valence-corrected chi connectivity index (χ4v) is 4.84. The van der Waals surface area contributed by atoms with Crippen LogP contribution in [-0.4, -0.2) is 75.4 Å². The number of para-hydroxylation sites is 1. The number of imide groups is 1. The number of rotatable bonds is 6. The van der Waals surface area contributed by atoms with Crippen LogP contribution in [-0.2, 0) is 18.3 Å². The third kappa shape index (κ3) is 3.75. The topological polar surface area (TPSA) is 74.6 Å². The normalized spacial score (nSPS) is 17.3. The highest BCUT2D eigenvalue weighted by Gasteiger charge is 2.34. The van der Waals surface area contributed by atoms with Gasteiger partial charge in [-0.1, -0.05) is 18.2 Å². The predicted molar refractivity (Wildman–Crippen MR) is 123 cm³/mol. The number of aromatic nitrogens is 3. The van der Waals surface area contributed by atoms with Crippen LogP contribution in [0.1, 0.15) is 28.9 Å². The van der Waals surface area contributed by atoms with E-state index in [0.29, 0.717) is 12.1 Å². The monoisotopic (exact) mass is 432 g/mol. The Morgan fingerprint density at radius 3 is 2.41 bits per heavy atom. The molecule has 1 aromatic carbocycles. The molecule has 2 aromatic heterocycles. The zero-order valence-corrected chi connectivity index (χ0v) is 18.4. The van der Waals surface area contributed by atoms with Crippen molar-refractivity contribution in [3.63, 3.8) is 0 Å². The third-order valence-electron chi connectivity index (χ3n) is 6.62. The van der Waals surface area contributed by atoms with Crippen LogP contribution in [0.15, 0.2) is 42.7 Å². The van der Waals surface area contributed by atoms with Crippen molar-refractivity contribution in [2.24, 2.45) is 7.05 Å². The smallest absolute Gasteiger partial charge is 0.262 e. The highest BCUT2D eigenvalue weighted by Crippen LogP contribution is 2.30. The van der Waals surface area contributed by atoms with E-state index in [9.17, 15) is 9.59 Å². The lowest BCUT2D eigenvalue weighted by Crippen LogP contribution is -2.47. The molecule has 8 nitrogen and oxygen atoms in total. The first-order valence-electron chi connectivity index (χ1n) is 11.3. The molecule has 32 heavy (non-hydrogen) atoms. The number of unbranched alkanes of at least 4 members (excludes halogenated alkanes) is 1. The molecular weight excluding hydrogens is 404 g/mol. The Balaban J connectivity index is 1.14. The first-order chi connectivity index (χ1) is 15.6. The number of carbonyl (C=O) groups excluding carboxylic acids is 2. The molecule has 0 radical (unpaired) electrons. The van der Waals surface area contributed by atoms with Crippen molar-refractivity contribution in [3.05, 3.63) is 54.0 Å². The number of fused-ring (bicyclic) bond motifs is 3. The van der Waals surface area contributed by atoms with Gasteiger partial charge >= 0.3 is 0 Å². The molecule has 3 aromatic rings. The minimum Gasteiger partial charge on any atom is -0.346 e. The summed E-state index contributed by atoms with van der Waals surface area (Å²) >= 11 is 0. The summed E-state index contributed by atoms with van der Waals surface area (Å²) in [7, 11) is 1.93. The molecule has 1 saturated heterocycles. The van der Waals surface area contributed by atoms with Crippen LogP contribution in [0.2, 0.25) is 0 Å². The summed E-state index contributed by atoms with van der Waals surface area (Å²) in [5.74, 6) is 0.552. The maximum absolute atomic E-state index is 13.2. The van der Waals surface area contributed by atoms with Gasteiger partial charge in [-0.15, -0.1) is 0 Å². The van der Waals surface area contributed by atoms with Gasteiger partial charge in [0, 0.05) is 68.8 Å². The molecule has 2 amide bonds. The van der Waals surface area contributed by atoms with E-state index in [1.54, 1.807) is 12.4 Å². The molecule has 2 aliphatic rings. The fraction of sp³-hybridized carbons (Fsp3) is 0.417. The minimum absolute atomic E-state index is 0.0927. The Labute approximate surface area is 187 Å². The molecule has 0 atom stereocenters. The Bertz CT molecular complexity index is 1130. The number of nitrogens with zero attached hydrogens (tertiary/aromatic N) is 6. The lowest BCUT2D eigenvalue weighted by atomic mass is 10.0. The molecule has 4 heterocycles. The molecule has 0 N–H and O–H groups in total. The quantitative estimate of drug-likeness (QED) is 0.439. The third-order valence-corrected chi connectivity index (χ3v) is 6.62. The average molecular weight is 433 g/mol. The molecule has 5 rings (SSSR count). The molecule has 0 aliphatic carbocycles. The first kappa shape index (κ1) is 20.6. The van der Waals surface area contributed by atoms with E-state index in [4.69, 9.17) is 0 Å². The van der Waals surface area contributed by atoms with Crippen LogP contribution in [0, 0.1) is 0 Å². The second-order valence-corrected chi connectivity index (χ2v) is 8.51. The second kappa shape index (κ2) is 8.70. The Kier molecular flexibility index (Phi) is 5.61. The summed E-state index contributed by atoms with van der Waals surface area (Å²) in [6.07, 6.45) is 5.62. The van der Waals surface area contributed by atoms with Gasteiger partial charge in [0.1, 0.15) is 0 Å². The van der Waals surface area contributed by atoms with Crippen LogP contribution in [0.25, 0.3) is 10.9 Å². The predicted octanol–water partition coefficient (Wildman–Crippen LogP) is 2.10. The van der Waals surface area contributed by atoms with E-state index in [2.05, 4.69) is 19.8 Å². The van der Waals surface area contributed by atoms with Crippen molar-refractivity contribution in [3.8, 4) is 0 Å². The SMILES string of the molecule is Cn1c2c(c3ccccc31)C(=O)N(CCCCN1CCN(c3ncccn3)CC1)C(=O)C2. The van der Waals surface area contributed by atoms with Crippen molar-refractivity contribution in [2.45, 2.75) is 19.3 Å². The summed E-state index contributed by atoms with van der Waals surface area (Å²) in [5, 5.41) is 0.938. The number of amides is 2. The number of piperazine rings is 1. The van der Waals surface area contributed by atoms with Gasteiger partial charge in [-0.25, -0.2) is 9.97 Å². The molecule has 0 unspecified atom stereocenters. The average Bonchev–Trinajstić information content (AvgIpc) is 3.11. The van der Waals surface area contributed by atoms with Crippen molar-refractivity contribution >= 4 is 28.7 Å². The molecule has 0 bridgehead atoms. The molecule has 166 valence electrons. The van der Waals surface area contributed by atoms with Crippen molar-refractivity contribution in [2.75, 3.05) is 44.2 Å². The van der Waals surface area contributed by atoms with Crippen molar-refractivity contribution in [1.29, 1.82) is 0 Å². The number of carbonyl (C=O) groups is 2. The van der Waals surface area contributed by atoms with Gasteiger partial charge in [0.15, 0.2) is 0 Å². The Morgan fingerprint density at radius 1 is 0.906 bits per heavy atom. The summed E-state index contributed by atoms with van der Waals surface area (Å²) in [6, 6.07) is 9.71. The molecule has 1 fully saturated rings. The number of hydrogen-bond donors (Lipinski definition) is 0. The second-order valence-electron chi connectivity index (χ2n) is 8.51. The summed E-state index contributed by atoms with van der Waals surface area (Å²) in [5.41, 5.74) is 2.53. The van der Waals surface area contributed by atoms with Gasteiger partial charge in [0.25, 0.3) is 5.91 Å². The fourth-order valence-electron chi connectivity index (χ4n) is 4.84. The maximum atomic E-state index is 13.2. The zero-order valence-electron chi connectivity index (χ0n) is 18.4. The maximum Gasteiger partial charge on any atom is 0.262 e. The molecular formula is C24H28N6O2. The summed E-state index contributed by atoms with van der Waals surface area (Å²) in [4.78, 5) is 40.7. The number of benzene rings is 1. The molecule has 0 spiro atoms. The van der Waals surface area contributed by atoms with Crippen molar-refractivity contribution < 1.29 is 9.59 Å². The van der Waals surface area contributed by atoms with Gasteiger partial charge in [-0.05, 0) is 31.5 Å². The van der Waals surface area contributed by atoms with E-state index in [1.165, 1.54) is 4.90 Å². The van der Waals surface area contributed by atoms with Crippen LogP contribution in [0.5, 0.6) is 0 Å². The highest BCUT2D eigenvalue weighted by atomic mass is 16.2. The minimum atomic E-state index is -0.149. The Morgan fingerprint density at radius 2 is 1.62 bits per heavy atom. The van der Waals surface area contributed by atoms with Gasteiger partial charge in [-0.2, -0.15) is 0 Å². The first-order valence-corrected chi connectivity index (χ1v) is 11.3. The number of anilines is 1. The van der Waals surface area contributed by atoms with E-state index in [-0.39, 0.29) is 18.2 Å². The lowest BCUT2D eigenvalue weighted by molar-refractivity contribution is -0.128. The largest absolute Gasteiger partial charge is 0.346 e. The van der Waals surface area contributed by atoms with E-state index in [0.717, 1.165) is 68.1 Å². The van der Waals surface area contributed by atoms with Gasteiger partial charge < -0.3 is 9.47 Å². The van der Waals surface area contributed by atoms with Crippen molar-refractivity contribution in [1.82, 2.24) is 24.3 Å². The zero-order chi connectivity index (χ0) is 22.1. The van der Waals surface area contributed by atoms with Crippen LogP contribution >= 0.6 is 0 Å². The number of aryl methyl sites for hydroxylation is 1. The lowest BCUT2D eigenvalue weighted by Gasteiger charge is -2.34. The summed E-state index contributed by atoms with van der Waals surface area (Å²) in [6.45, 7) is 5.23. The molecule has 8 heteroatoms.